The van der Waals surface area contributed by atoms with Gasteiger partial charge in [-0.05, 0) is 38.5 Å². The van der Waals surface area contributed by atoms with Crippen LogP contribution < -0.4 is 0 Å². The predicted molar refractivity (Wildman–Crippen MR) is 112 cm³/mol. The molecule has 7 heteroatoms. The van der Waals surface area contributed by atoms with Crippen LogP contribution in [0.3, 0.4) is 0 Å². The number of rotatable bonds is 18. The van der Waals surface area contributed by atoms with E-state index in [2.05, 4.69) is 23.3 Å². The Hall–Kier alpha value is -0.470. The summed E-state index contributed by atoms with van der Waals surface area (Å²) in [4.78, 5) is 0. The average Bonchev–Trinajstić information content (AvgIpc) is 3.10. The number of allylic oxidation sites excluding steroid dienone is 2. The van der Waals surface area contributed by atoms with E-state index in [1.54, 1.807) is 0 Å². The molecule has 0 aromatic heterocycles. The van der Waals surface area contributed by atoms with Crippen molar-refractivity contribution in [3.8, 4) is 0 Å². The van der Waals surface area contributed by atoms with Crippen molar-refractivity contribution in [2.24, 2.45) is 0 Å². The van der Waals surface area contributed by atoms with Gasteiger partial charge < -0.3 is 9.47 Å². The monoisotopic (exact) mass is 420 g/mol. The summed E-state index contributed by atoms with van der Waals surface area (Å²) in [7, 11) is -4.41. The van der Waals surface area contributed by atoms with E-state index in [1.165, 1.54) is 70.6 Å². The molecule has 0 aliphatic carbocycles. The second-order valence-corrected chi connectivity index (χ2v) is 8.70. The number of ether oxygens (including phenoxy) is 2. The number of hydrogen-bond donors (Lipinski definition) is 1. The molecule has 0 aromatic carbocycles. The van der Waals surface area contributed by atoms with Crippen LogP contribution in [0.4, 0.5) is 0 Å². The quantitative estimate of drug-likeness (QED) is 0.177. The zero-order valence-electron chi connectivity index (χ0n) is 17.5. The van der Waals surface area contributed by atoms with Crippen LogP contribution in [0.1, 0.15) is 96.8 Å². The second kappa shape index (κ2) is 16.3. The fourth-order valence-electron chi connectivity index (χ4n) is 3.29. The van der Waals surface area contributed by atoms with E-state index < -0.39 is 16.5 Å². The first kappa shape index (κ1) is 25.6. The Morgan fingerprint density at radius 3 is 2.11 bits per heavy atom. The molecule has 1 rings (SSSR count). The van der Waals surface area contributed by atoms with Gasteiger partial charge in [-0.25, -0.2) is 4.18 Å². The fraction of sp³-hybridized carbons (Fsp3) is 0.905. The third-order valence-electron chi connectivity index (χ3n) is 4.92. The zero-order chi connectivity index (χ0) is 20.5. The minimum Gasteiger partial charge on any atom is -0.350 e. The lowest BCUT2D eigenvalue weighted by atomic mass is 10.1. The summed E-state index contributed by atoms with van der Waals surface area (Å²) in [6.45, 7) is 2.35. The van der Waals surface area contributed by atoms with Gasteiger partial charge in [-0.2, -0.15) is 8.42 Å². The summed E-state index contributed by atoms with van der Waals surface area (Å²) >= 11 is 0. The molecule has 0 saturated carbocycles. The van der Waals surface area contributed by atoms with Gasteiger partial charge in [0.15, 0.2) is 6.29 Å². The summed E-state index contributed by atoms with van der Waals surface area (Å²) in [6, 6.07) is 0. The number of unbranched alkanes of at least 4 members (excludes halogenated alkanes) is 11. The van der Waals surface area contributed by atoms with Gasteiger partial charge in [0.25, 0.3) is 0 Å². The van der Waals surface area contributed by atoms with Crippen LogP contribution in [0.2, 0.25) is 0 Å². The van der Waals surface area contributed by atoms with Crippen molar-refractivity contribution in [3.63, 3.8) is 0 Å². The van der Waals surface area contributed by atoms with Crippen LogP contribution in [-0.4, -0.2) is 38.6 Å². The van der Waals surface area contributed by atoms with E-state index in [-0.39, 0.29) is 12.9 Å². The SMILES string of the molecule is CCCCCCCC/C=C\CCCCCCCC1OCC(COS(=O)(=O)O)O1. The van der Waals surface area contributed by atoms with Gasteiger partial charge in [-0.3, -0.25) is 4.55 Å². The van der Waals surface area contributed by atoms with E-state index in [0.717, 1.165) is 19.3 Å². The van der Waals surface area contributed by atoms with Gasteiger partial charge in [0.1, 0.15) is 6.10 Å². The summed E-state index contributed by atoms with van der Waals surface area (Å²) in [6.07, 6.45) is 21.2. The molecular weight excluding hydrogens is 380 g/mol. The lowest BCUT2D eigenvalue weighted by molar-refractivity contribution is -0.0688. The second-order valence-electron chi connectivity index (χ2n) is 7.61. The molecule has 1 saturated heterocycles. The van der Waals surface area contributed by atoms with Gasteiger partial charge in [0, 0.05) is 0 Å². The van der Waals surface area contributed by atoms with E-state index in [9.17, 15) is 8.42 Å². The first-order valence-electron chi connectivity index (χ1n) is 11.0. The Morgan fingerprint density at radius 1 is 0.929 bits per heavy atom. The molecule has 0 amide bonds. The van der Waals surface area contributed by atoms with Crippen LogP contribution in [0.15, 0.2) is 12.2 Å². The Kier molecular flexibility index (Phi) is 14.9. The van der Waals surface area contributed by atoms with Crippen LogP contribution in [0, 0.1) is 0 Å². The third-order valence-corrected chi connectivity index (χ3v) is 5.35. The van der Waals surface area contributed by atoms with Gasteiger partial charge in [-0.1, -0.05) is 70.4 Å². The van der Waals surface area contributed by atoms with Crippen molar-refractivity contribution < 1.29 is 26.6 Å². The minimum absolute atomic E-state index is 0.207. The number of hydrogen-bond acceptors (Lipinski definition) is 5. The third kappa shape index (κ3) is 15.5. The lowest BCUT2D eigenvalue weighted by Gasteiger charge is -2.10. The lowest BCUT2D eigenvalue weighted by Crippen LogP contribution is -2.21. The average molecular weight is 421 g/mol. The normalized spacial score (nSPS) is 20.4. The maximum absolute atomic E-state index is 10.5. The molecule has 2 unspecified atom stereocenters. The largest absolute Gasteiger partial charge is 0.397 e. The summed E-state index contributed by atoms with van der Waals surface area (Å²) < 4.78 is 44.9. The molecule has 0 radical (unpaired) electrons. The summed E-state index contributed by atoms with van der Waals surface area (Å²) in [5.74, 6) is 0. The molecule has 1 heterocycles. The highest BCUT2D eigenvalue weighted by molar-refractivity contribution is 7.80. The molecule has 0 bridgehead atoms. The molecule has 0 aromatic rings. The standard InChI is InChI=1S/C21H40O6S/c1-2-3-4-5-6-7-8-9-10-11-12-13-14-15-16-17-21-25-18-20(27-21)19-26-28(22,23)24/h9-10,20-21H,2-8,11-19H2,1H3,(H,22,23,24)/b10-9-. The zero-order valence-corrected chi connectivity index (χ0v) is 18.3. The van der Waals surface area contributed by atoms with Crippen molar-refractivity contribution in [3.05, 3.63) is 12.2 Å². The predicted octanol–water partition coefficient (Wildman–Crippen LogP) is 5.58. The first-order valence-corrected chi connectivity index (χ1v) is 12.4. The molecular formula is C21H40O6S. The molecule has 1 aliphatic heterocycles. The molecule has 1 aliphatic rings. The van der Waals surface area contributed by atoms with Crippen molar-refractivity contribution in [2.75, 3.05) is 13.2 Å². The maximum Gasteiger partial charge on any atom is 0.397 e. The van der Waals surface area contributed by atoms with E-state index in [1.807, 2.05) is 0 Å². The Bertz CT molecular complexity index is 491. The molecule has 28 heavy (non-hydrogen) atoms. The van der Waals surface area contributed by atoms with Crippen molar-refractivity contribution in [1.29, 1.82) is 0 Å². The Labute approximate surface area is 172 Å². The maximum atomic E-state index is 10.5. The molecule has 2 atom stereocenters. The Morgan fingerprint density at radius 2 is 1.50 bits per heavy atom. The highest BCUT2D eigenvalue weighted by atomic mass is 32.3. The molecule has 1 fully saturated rings. The summed E-state index contributed by atoms with van der Waals surface area (Å²) in [5, 5.41) is 0. The molecule has 1 N–H and O–H groups in total. The van der Waals surface area contributed by atoms with Crippen molar-refractivity contribution >= 4 is 10.4 Å². The van der Waals surface area contributed by atoms with Crippen LogP contribution in [0.5, 0.6) is 0 Å². The van der Waals surface area contributed by atoms with Gasteiger partial charge in [0.05, 0.1) is 13.2 Å². The van der Waals surface area contributed by atoms with Crippen LogP contribution in [0.25, 0.3) is 0 Å². The van der Waals surface area contributed by atoms with E-state index >= 15 is 0 Å². The summed E-state index contributed by atoms with van der Waals surface area (Å²) in [5.41, 5.74) is 0. The van der Waals surface area contributed by atoms with Crippen molar-refractivity contribution in [1.82, 2.24) is 0 Å². The smallest absolute Gasteiger partial charge is 0.350 e. The topological polar surface area (TPSA) is 82.1 Å². The van der Waals surface area contributed by atoms with E-state index in [4.69, 9.17) is 14.0 Å². The Balaban J connectivity index is 1.84. The van der Waals surface area contributed by atoms with Gasteiger partial charge >= 0.3 is 10.4 Å². The van der Waals surface area contributed by atoms with Crippen LogP contribution in [-0.2, 0) is 24.1 Å². The van der Waals surface area contributed by atoms with Gasteiger partial charge in [-0.15, -0.1) is 0 Å². The molecule has 6 nitrogen and oxygen atoms in total. The van der Waals surface area contributed by atoms with Crippen molar-refractivity contribution in [2.45, 2.75) is 109 Å². The molecule has 166 valence electrons. The highest BCUT2D eigenvalue weighted by Crippen LogP contribution is 2.19. The van der Waals surface area contributed by atoms with Crippen LogP contribution >= 0.6 is 0 Å². The highest BCUT2D eigenvalue weighted by Gasteiger charge is 2.27. The first-order chi connectivity index (χ1) is 13.5. The molecule has 0 spiro atoms. The van der Waals surface area contributed by atoms with Gasteiger partial charge in [0.2, 0.25) is 0 Å². The van der Waals surface area contributed by atoms with E-state index in [0.29, 0.717) is 6.61 Å². The minimum atomic E-state index is -4.41. The fourth-order valence-corrected chi connectivity index (χ4v) is 3.61.